The zero-order valence-electron chi connectivity index (χ0n) is 10.4. The zero-order chi connectivity index (χ0) is 11.5. The Hall–Kier alpha value is -0.470. The van der Waals surface area contributed by atoms with E-state index in [1.165, 1.54) is 34.6 Å². The Kier molecular flexibility index (Phi) is 3.93. The molecule has 16 heavy (non-hydrogen) atoms. The van der Waals surface area contributed by atoms with Crippen LogP contribution in [-0.4, -0.2) is 24.6 Å². The third-order valence-corrected chi connectivity index (χ3v) is 4.61. The van der Waals surface area contributed by atoms with Crippen LogP contribution in [-0.2, 0) is 6.42 Å². The van der Waals surface area contributed by atoms with E-state index in [0.29, 0.717) is 6.04 Å². The van der Waals surface area contributed by atoms with Gasteiger partial charge in [-0.05, 0) is 44.6 Å². The maximum absolute atomic E-state index is 3.44. The summed E-state index contributed by atoms with van der Waals surface area (Å²) in [6.07, 6.45) is 1.22. The Bertz CT molecular complexity index is 342. The fourth-order valence-corrected chi connectivity index (χ4v) is 4.09. The molecule has 88 valence electrons. The molecule has 0 saturated carbocycles. The van der Waals surface area contributed by atoms with E-state index in [4.69, 9.17) is 0 Å². The summed E-state index contributed by atoms with van der Waals surface area (Å²) in [5.74, 6) is 3.38. The van der Waals surface area contributed by atoms with Crippen molar-refractivity contribution in [3.05, 3.63) is 34.9 Å². The lowest BCUT2D eigenvalue weighted by atomic mass is 9.93. The summed E-state index contributed by atoms with van der Waals surface area (Å²) in [5, 5.41) is 3.44. The highest BCUT2D eigenvalue weighted by Gasteiger charge is 2.26. The second kappa shape index (κ2) is 5.24. The molecule has 2 unspecified atom stereocenters. The van der Waals surface area contributed by atoms with Gasteiger partial charge in [-0.15, -0.1) is 0 Å². The first-order valence-corrected chi connectivity index (χ1v) is 7.16. The highest BCUT2D eigenvalue weighted by molar-refractivity contribution is 7.99. The van der Waals surface area contributed by atoms with Crippen molar-refractivity contribution in [2.75, 3.05) is 18.6 Å². The van der Waals surface area contributed by atoms with Crippen molar-refractivity contribution in [2.24, 2.45) is 5.92 Å². The summed E-state index contributed by atoms with van der Waals surface area (Å²) in [4.78, 5) is 0. The van der Waals surface area contributed by atoms with Crippen molar-refractivity contribution >= 4 is 11.8 Å². The summed E-state index contributed by atoms with van der Waals surface area (Å²) in [6, 6.07) is 7.62. The van der Waals surface area contributed by atoms with Crippen molar-refractivity contribution in [1.82, 2.24) is 5.32 Å². The van der Waals surface area contributed by atoms with Gasteiger partial charge in [0.2, 0.25) is 0 Å². The SMILES string of the molecule is CNC1CSCC1Cc1cc(C)cc(C)c1. The van der Waals surface area contributed by atoms with Crippen LogP contribution in [0.3, 0.4) is 0 Å². The van der Waals surface area contributed by atoms with Crippen molar-refractivity contribution in [3.63, 3.8) is 0 Å². The van der Waals surface area contributed by atoms with E-state index in [2.05, 4.69) is 56.2 Å². The van der Waals surface area contributed by atoms with Crippen LogP contribution in [0.4, 0.5) is 0 Å². The number of thioether (sulfide) groups is 1. The number of benzene rings is 1. The molecule has 0 aromatic heterocycles. The molecule has 1 aromatic rings. The molecule has 0 radical (unpaired) electrons. The fourth-order valence-electron chi connectivity index (χ4n) is 2.61. The molecule has 1 aliphatic rings. The molecule has 0 amide bonds. The van der Waals surface area contributed by atoms with E-state index >= 15 is 0 Å². The molecule has 1 fully saturated rings. The molecule has 0 aliphatic carbocycles. The van der Waals surface area contributed by atoms with Crippen LogP contribution >= 0.6 is 11.8 Å². The van der Waals surface area contributed by atoms with Gasteiger partial charge in [0.05, 0.1) is 0 Å². The lowest BCUT2D eigenvalue weighted by molar-refractivity contribution is 0.453. The topological polar surface area (TPSA) is 12.0 Å². The number of aryl methyl sites for hydroxylation is 2. The number of hydrogen-bond donors (Lipinski definition) is 1. The molecule has 2 rings (SSSR count). The second-order valence-electron chi connectivity index (χ2n) is 4.89. The van der Waals surface area contributed by atoms with Gasteiger partial charge >= 0.3 is 0 Å². The van der Waals surface area contributed by atoms with E-state index in [1.54, 1.807) is 0 Å². The van der Waals surface area contributed by atoms with E-state index in [1.807, 2.05) is 0 Å². The van der Waals surface area contributed by atoms with Crippen LogP contribution in [0.1, 0.15) is 16.7 Å². The van der Waals surface area contributed by atoms with Gasteiger partial charge in [0.1, 0.15) is 0 Å². The third-order valence-electron chi connectivity index (χ3n) is 3.35. The highest BCUT2D eigenvalue weighted by atomic mass is 32.2. The van der Waals surface area contributed by atoms with Crippen LogP contribution in [0.2, 0.25) is 0 Å². The molecule has 1 heterocycles. The molecule has 2 heteroatoms. The van der Waals surface area contributed by atoms with Gasteiger partial charge in [-0.3, -0.25) is 0 Å². The average Bonchev–Trinajstić information content (AvgIpc) is 2.63. The average molecular weight is 235 g/mol. The van der Waals surface area contributed by atoms with Gasteiger partial charge in [-0.25, -0.2) is 0 Å². The first-order chi connectivity index (χ1) is 7.69. The molecule has 2 atom stereocenters. The monoisotopic (exact) mass is 235 g/mol. The maximum atomic E-state index is 3.44. The Morgan fingerprint density at radius 2 is 1.88 bits per heavy atom. The van der Waals surface area contributed by atoms with Gasteiger partial charge in [0, 0.05) is 11.8 Å². The first kappa shape index (κ1) is 12.0. The molecule has 1 saturated heterocycles. The smallest absolute Gasteiger partial charge is 0.0194 e. The summed E-state index contributed by atoms with van der Waals surface area (Å²) in [7, 11) is 2.09. The minimum atomic E-state index is 0.700. The highest BCUT2D eigenvalue weighted by Crippen LogP contribution is 2.27. The molecule has 0 spiro atoms. The van der Waals surface area contributed by atoms with Crippen molar-refractivity contribution in [1.29, 1.82) is 0 Å². The summed E-state index contributed by atoms with van der Waals surface area (Å²) in [6.45, 7) is 4.38. The molecular weight excluding hydrogens is 214 g/mol. The quantitative estimate of drug-likeness (QED) is 0.864. The summed E-state index contributed by atoms with van der Waals surface area (Å²) >= 11 is 2.08. The minimum absolute atomic E-state index is 0.700. The van der Waals surface area contributed by atoms with Gasteiger partial charge in [-0.1, -0.05) is 29.3 Å². The number of rotatable bonds is 3. The second-order valence-corrected chi connectivity index (χ2v) is 5.97. The molecule has 1 aromatic carbocycles. The molecular formula is C14H21NS. The van der Waals surface area contributed by atoms with Crippen molar-refractivity contribution < 1.29 is 0 Å². The largest absolute Gasteiger partial charge is 0.316 e. The number of nitrogens with one attached hydrogen (secondary N) is 1. The molecule has 1 aliphatic heterocycles. The standard InChI is InChI=1S/C14H21NS/c1-10-4-11(2)6-12(5-10)7-13-8-16-9-14(13)15-3/h4-6,13-15H,7-9H2,1-3H3. The van der Waals surface area contributed by atoms with Crippen LogP contribution in [0, 0.1) is 19.8 Å². The normalized spacial score (nSPS) is 24.9. The molecule has 0 bridgehead atoms. The van der Waals surface area contributed by atoms with E-state index in [0.717, 1.165) is 5.92 Å². The van der Waals surface area contributed by atoms with Crippen molar-refractivity contribution in [3.8, 4) is 0 Å². The molecule has 1 N–H and O–H groups in total. The Labute approximate surface area is 103 Å². The Morgan fingerprint density at radius 3 is 2.50 bits per heavy atom. The van der Waals surface area contributed by atoms with E-state index in [9.17, 15) is 0 Å². The minimum Gasteiger partial charge on any atom is -0.316 e. The number of hydrogen-bond acceptors (Lipinski definition) is 2. The Morgan fingerprint density at radius 1 is 1.19 bits per heavy atom. The first-order valence-electron chi connectivity index (χ1n) is 6.01. The van der Waals surface area contributed by atoms with Crippen LogP contribution in [0.5, 0.6) is 0 Å². The summed E-state index contributed by atoms with van der Waals surface area (Å²) < 4.78 is 0. The van der Waals surface area contributed by atoms with Gasteiger partial charge in [0.15, 0.2) is 0 Å². The fraction of sp³-hybridized carbons (Fsp3) is 0.571. The lowest BCUT2D eigenvalue weighted by Crippen LogP contribution is -2.33. The predicted octanol–water partition coefficient (Wildman–Crippen LogP) is 2.80. The van der Waals surface area contributed by atoms with Crippen LogP contribution in [0.15, 0.2) is 18.2 Å². The van der Waals surface area contributed by atoms with Gasteiger partial charge < -0.3 is 5.32 Å². The van der Waals surface area contributed by atoms with E-state index < -0.39 is 0 Å². The van der Waals surface area contributed by atoms with E-state index in [-0.39, 0.29) is 0 Å². The third kappa shape index (κ3) is 2.80. The van der Waals surface area contributed by atoms with Crippen LogP contribution < -0.4 is 5.32 Å². The molecule has 1 nitrogen and oxygen atoms in total. The van der Waals surface area contributed by atoms with Crippen LogP contribution in [0.25, 0.3) is 0 Å². The zero-order valence-corrected chi connectivity index (χ0v) is 11.2. The van der Waals surface area contributed by atoms with Crippen molar-refractivity contribution in [2.45, 2.75) is 26.3 Å². The maximum Gasteiger partial charge on any atom is 0.0194 e. The predicted molar refractivity (Wildman–Crippen MR) is 73.3 cm³/mol. The Balaban J connectivity index is 2.08. The van der Waals surface area contributed by atoms with Gasteiger partial charge in [0.25, 0.3) is 0 Å². The lowest BCUT2D eigenvalue weighted by Gasteiger charge is -2.18. The summed E-state index contributed by atoms with van der Waals surface area (Å²) in [5.41, 5.74) is 4.29. The van der Waals surface area contributed by atoms with Gasteiger partial charge in [-0.2, -0.15) is 11.8 Å².